The molecule has 0 saturated heterocycles. The Kier molecular flexibility index (Phi) is 6.69. The van der Waals surface area contributed by atoms with E-state index in [2.05, 4.69) is 36.7 Å². The molecule has 2 heteroatoms. The molecule has 0 saturated carbocycles. The van der Waals surface area contributed by atoms with Crippen molar-refractivity contribution in [1.29, 1.82) is 0 Å². The summed E-state index contributed by atoms with van der Waals surface area (Å²) in [7, 11) is 0. The highest BCUT2D eigenvalue weighted by Crippen LogP contribution is 2.12. The quantitative estimate of drug-likeness (QED) is 0.663. The van der Waals surface area contributed by atoms with Gasteiger partial charge >= 0.3 is 0 Å². The molecule has 1 nitrogen and oxygen atoms in total. The maximum Gasteiger partial charge on any atom is 0.00452 e. The van der Waals surface area contributed by atoms with Crippen LogP contribution in [-0.4, -0.2) is 12.6 Å². The molecule has 0 aliphatic heterocycles. The lowest BCUT2D eigenvalue weighted by atomic mass is 10.1. The maximum atomic E-state index is 3.57. The largest absolute Gasteiger partial charge is 0.314 e. The molecule has 0 aromatic carbocycles. The van der Waals surface area contributed by atoms with E-state index < -0.39 is 0 Å². The summed E-state index contributed by atoms with van der Waals surface area (Å²) in [5.41, 5.74) is 0. The van der Waals surface area contributed by atoms with Crippen LogP contribution in [0.3, 0.4) is 0 Å². The number of rotatable bonds is 8. The van der Waals surface area contributed by atoms with Crippen LogP contribution in [0.2, 0.25) is 0 Å². The summed E-state index contributed by atoms with van der Waals surface area (Å²) >= 11 is 1.88. The third-order valence-electron chi connectivity index (χ3n) is 2.66. The van der Waals surface area contributed by atoms with Crippen molar-refractivity contribution in [3.8, 4) is 0 Å². The van der Waals surface area contributed by atoms with Gasteiger partial charge in [-0.05, 0) is 50.6 Å². The van der Waals surface area contributed by atoms with Crippen LogP contribution in [0.25, 0.3) is 0 Å². The molecule has 1 N–H and O–H groups in total. The number of hydrogen-bond acceptors (Lipinski definition) is 2. The second kappa shape index (κ2) is 7.89. The molecule has 15 heavy (non-hydrogen) atoms. The summed E-state index contributed by atoms with van der Waals surface area (Å²) in [5.74, 6) is 0. The van der Waals surface area contributed by atoms with Gasteiger partial charge in [0.2, 0.25) is 0 Å². The van der Waals surface area contributed by atoms with E-state index in [-0.39, 0.29) is 0 Å². The number of unbranched alkanes of at least 4 members (excludes halogenated alkanes) is 1. The topological polar surface area (TPSA) is 12.0 Å². The minimum Gasteiger partial charge on any atom is -0.314 e. The third-order valence-corrected chi connectivity index (χ3v) is 3.60. The zero-order valence-corrected chi connectivity index (χ0v) is 10.8. The molecule has 1 aromatic rings. The van der Waals surface area contributed by atoms with E-state index in [9.17, 15) is 0 Å². The average molecular weight is 225 g/mol. The summed E-state index contributed by atoms with van der Waals surface area (Å²) in [6.07, 6.45) is 6.43. The van der Waals surface area contributed by atoms with E-state index in [0.717, 1.165) is 0 Å². The van der Waals surface area contributed by atoms with Crippen molar-refractivity contribution < 1.29 is 0 Å². The summed E-state index contributed by atoms with van der Waals surface area (Å²) in [6, 6.07) is 5.06. The molecule has 1 unspecified atom stereocenters. The minimum atomic E-state index is 0.677. The predicted octanol–water partition coefficient (Wildman–Crippen LogP) is 3.85. The van der Waals surface area contributed by atoms with Crippen molar-refractivity contribution in [2.75, 3.05) is 6.54 Å². The Morgan fingerprint density at radius 3 is 2.93 bits per heavy atom. The van der Waals surface area contributed by atoms with Gasteiger partial charge in [0.25, 0.3) is 0 Å². The van der Waals surface area contributed by atoms with Crippen molar-refractivity contribution in [2.24, 2.45) is 0 Å². The molecule has 1 rings (SSSR count). The van der Waals surface area contributed by atoms with Gasteiger partial charge in [0.1, 0.15) is 0 Å². The Bertz CT molecular complexity index is 231. The number of hydrogen-bond donors (Lipinski definition) is 1. The average Bonchev–Trinajstić information content (AvgIpc) is 2.71. The second-order valence-corrected chi connectivity index (χ2v) is 5.21. The lowest BCUT2D eigenvalue weighted by Gasteiger charge is -2.12. The van der Waals surface area contributed by atoms with Gasteiger partial charge in [-0.2, -0.15) is 0 Å². The van der Waals surface area contributed by atoms with Crippen LogP contribution in [0.4, 0.5) is 0 Å². The summed E-state index contributed by atoms with van der Waals surface area (Å²) in [4.78, 5) is 1.52. The monoisotopic (exact) mass is 225 g/mol. The van der Waals surface area contributed by atoms with Gasteiger partial charge in [0, 0.05) is 10.9 Å². The van der Waals surface area contributed by atoms with Gasteiger partial charge < -0.3 is 5.32 Å². The molecular weight excluding hydrogens is 202 g/mol. The molecule has 0 spiro atoms. The fourth-order valence-electron chi connectivity index (χ4n) is 1.66. The molecule has 0 radical (unpaired) electrons. The third kappa shape index (κ3) is 5.95. The molecule has 0 aliphatic carbocycles. The van der Waals surface area contributed by atoms with Gasteiger partial charge in [0.05, 0.1) is 0 Å². The molecule has 0 amide bonds. The first-order valence-corrected chi connectivity index (χ1v) is 6.96. The standard InChI is InChI=1S/C13H23NS/c1-3-4-10-14-12(2)7-5-8-13-9-6-11-15-13/h6,9,11-12,14H,3-5,7-8,10H2,1-2H3. The number of aryl methyl sites for hydroxylation is 1. The van der Waals surface area contributed by atoms with Crippen molar-refractivity contribution in [3.05, 3.63) is 22.4 Å². The summed E-state index contributed by atoms with van der Waals surface area (Å²) in [6.45, 7) is 5.71. The Hall–Kier alpha value is -0.340. The molecule has 0 aliphatic rings. The highest BCUT2D eigenvalue weighted by Gasteiger charge is 2.01. The highest BCUT2D eigenvalue weighted by molar-refractivity contribution is 7.09. The lowest BCUT2D eigenvalue weighted by molar-refractivity contribution is 0.491. The van der Waals surface area contributed by atoms with Gasteiger partial charge in [-0.15, -0.1) is 11.3 Å². The SMILES string of the molecule is CCCCNC(C)CCCc1cccs1. The van der Waals surface area contributed by atoms with Crippen LogP contribution in [-0.2, 0) is 6.42 Å². The van der Waals surface area contributed by atoms with Crippen LogP contribution in [0.1, 0.15) is 44.4 Å². The summed E-state index contributed by atoms with van der Waals surface area (Å²) in [5, 5.41) is 5.73. The van der Waals surface area contributed by atoms with E-state index in [4.69, 9.17) is 0 Å². The van der Waals surface area contributed by atoms with Crippen LogP contribution in [0, 0.1) is 0 Å². The minimum absolute atomic E-state index is 0.677. The smallest absolute Gasteiger partial charge is 0.00452 e. The van der Waals surface area contributed by atoms with Crippen LogP contribution in [0.15, 0.2) is 17.5 Å². The van der Waals surface area contributed by atoms with Crippen molar-refractivity contribution >= 4 is 11.3 Å². The van der Waals surface area contributed by atoms with Crippen molar-refractivity contribution in [1.82, 2.24) is 5.32 Å². The first kappa shape index (κ1) is 12.7. The Balaban J connectivity index is 1.99. The molecule has 86 valence electrons. The predicted molar refractivity (Wildman–Crippen MR) is 69.6 cm³/mol. The van der Waals surface area contributed by atoms with Crippen molar-refractivity contribution in [3.63, 3.8) is 0 Å². The summed E-state index contributed by atoms with van der Waals surface area (Å²) < 4.78 is 0. The van der Waals surface area contributed by atoms with Crippen LogP contribution < -0.4 is 5.32 Å². The number of nitrogens with one attached hydrogen (secondary N) is 1. The molecule has 1 heterocycles. The van der Waals surface area contributed by atoms with E-state index in [1.54, 1.807) is 0 Å². The van der Waals surface area contributed by atoms with Crippen LogP contribution in [0.5, 0.6) is 0 Å². The van der Waals surface area contributed by atoms with Gasteiger partial charge in [-0.3, -0.25) is 0 Å². The van der Waals surface area contributed by atoms with Gasteiger partial charge in [-0.1, -0.05) is 19.4 Å². The molecule has 0 bridgehead atoms. The highest BCUT2D eigenvalue weighted by atomic mass is 32.1. The molecule has 1 aromatic heterocycles. The molecule has 1 atom stereocenters. The maximum absolute atomic E-state index is 3.57. The molecular formula is C13H23NS. The van der Waals surface area contributed by atoms with E-state index in [1.807, 2.05) is 11.3 Å². The first-order chi connectivity index (χ1) is 7.33. The van der Waals surface area contributed by atoms with Crippen molar-refractivity contribution in [2.45, 2.75) is 52.0 Å². The Morgan fingerprint density at radius 1 is 1.40 bits per heavy atom. The Morgan fingerprint density at radius 2 is 2.27 bits per heavy atom. The van der Waals surface area contributed by atoms with Crippen LogP contribution >= 0.6 is 11.3 Å². The zero-order chi connectivity index (χ0) is 10.9. The fraction of sp³-hybridized carbons (Fsp3) is 0.692. The van der Waals surface area contributed by atoms with Gasteiger partial charge in [0.15, 0.2) is 0 Å². The Labute approximate surface area is 97.9 Å². The normalized spacial score (nSPS) is 12.9. The van der Waals surface area contributed by atoms with E-state index in [1.165, 1.54) is 43.5 Å². The fourth-order valence-corrected chi connectivity index (χ4v) is 2.42. The van der Waals surface area contributed by atoms with E-state index >= 15 is 0 Å². The van der Waals surface area contributed by atoms with E-state index in [0.29, 0.717) is 6.04 Å². The number of thiophene rings is 1. The first-order valence-electron chi connectivity index (χ1n) is 6.08. The second-order valence-electron chi connectivity index (χ2n) is 4.18. The van der Waals surface area contributed by atoms with Gasteiger partial charge in [-0.25, -0.2) is 0 Å². The zero-order valence-electron chi connectivity index (χ0n) is 9.96. The lowest BCUT2D eigenvalue weighted by Crippen LogP contribution is -2.26. The molecule has 0 fully saturated rings.